The first-order chi connectivity index (χ1) is 20.0. The number of nitrogens with zero attached hydrogens (tertiary/aromatic N) is 2. The van der Waals surface area contributed by atoms with Crippen molar-refractivity contribution in [1.82, 2.24) is 8.75 Å². The number of carbonyl (C=O) groups excluding carboxylic acids is 1. The molecule has 0 bridgehead atoms. The number of hydrogen-bond acceptors (Lipinski definition) is 10. The van der Waals surface area contributed by atoms with Gasteiger partial charge in [-0.1, -0.05) is 6.07 Å². The normalized spacial score (nSPS) is 16.9. The lowest BCUT2D eigenvalue weighted by molar-refractivity contribution is -0.185. The van der Waals surface area contributed by atoms with E-state index < -0.39 is 17.6 Å². The Morgan fingerprint density at radius 3 is 2.26 bits per heavy atom. The molecule has 0 fully saturated rings. The number of ether oxygens (including phenoxy) is 5. The lowest BCUT2D eigenvalue weighted by atomic mass is 9.87. The third-order valence-electron chi connectivity index (χ3n) is 6.64. The summed E-state index contributed by atoms with van der Waals surface area (Å²) < 4.78 is 51.8. The first-order valence-electron chi connectivity index (χ1n) is 13.3. The number of halogens is 1. The number of aliphatic hydroxyl groups is 1. The number of hydrogen-bond donors (Lipinski definition) is 1. The zero-order valence-electron chi connectivity index (χ0n) is 24.1. The number of rotatable bonds is 10. The molecule has 1 aliphatic heterocycles. The van der Waals surface area contributed by atoms with Crippen LogP contribution in [0.2, 0.25) is 0 Å². The number of fused-ring (bicyclic) bond motifs is 1. The van der Waals surface area contributed by atoms with Gasteiger partial charge in [-0.3, -0.25) is 0 Å². The molecule has 4 aromatic rings. The highest BCUT2D eigenvalue weighted by Gasteiger charge is 2.48. The van der Waals surface area contributed by atoms with Gasteiger partial charge < -0.3 is 28.8 Å². The lowest BCUT2D eigenvalue weighted by Gasteiger charge is -2.26. The second-order valence-electron chi connectivity index (χ2n) is 10.3. The van der Waals surface area contributed by atoms with Gasteiger partial charge in [0.15, 0.2) is 23.1 Å². The molecular weight excluding hydrogens is 563 g/mol. The van der Waals surface area contributed by atoms with Crippen LogP contribution in [0.25, 0.3) is 16.6 Å². The summed E-state index contributed by atoms with van der Waals surface area (Å²) in [5.41, 5.74) is 2.74. The van der Waals surface area contributed by atoms with Crippen LogP contribution in [0, 0.1) is 5.82 Å². The molecule has 42 heavy (non-hydrogen) atoms. The van der Waals surface area contributed by atoms with Gasteiger partial charge in [-0.25, -0.2) is 9.18 Å². The maximum atomic E-state index is 14.9. The van der Waals surface area contributed by atoms with Gasteiger partial charge in [0.2, 0.25) is 5.75 Å². The van der Waals surface area contributed by atoms with E-state index in [1.54, 1.807) is 30.3 Å². The minimum atomic E-state index is -2.28. The molecule has 0 spiro atoms. The number of methoxy groups -OCH3 is 2. The third-order valence-corrected chi connectivity index (χ3v) is 7.20. The quantitative estimate of drug-likeness (QED) is 0.227. The molecule has 1 N–H and O–H groups in total. The molecule has 0 radical (unpaired) electrons. The van der Waals surface area contributed by atoms with Crippen molar-refractivity contribution in [3.8, 4) is 23.0 Å². The molecule has 1 aromatic heterocycles. The molecule has 9 nitrogen and oxygen atoms in total. The van der Waals surface area contributed by atoms with Gasteiger partial charge in [-0.2, -0.15) is 8.75 Å². The monoisotopic (exact) mass is 594 g/mol. The number of aromatic nitrogens is 2. The Morgan fingerprint density at radius 2 is 1.60 bits per heavy atom. The van der Waals surface area contributed by atoms with Crippen molar-refractivity contribution in [3.63, 3.8) is 0 Å². The standard InChI is InChI=1S/C31H31FN2O7S/c1-16(2)39-27-13-18(12-26(38-6)29(27)40-17(3)4)11-21-28(19-7-9-23-24(14-19)34-42-33-23)30(35)41-31(21,36)20-8-10-25(37-5)22(32)15-20/h7-10,12-17,36H,11H2,1-6H3. The van der Waals surface area contributed by atoms with Crippen molar-refractivity contribution in [3.05, 3.63) is 76.6 Å². The molecule has 1 aliphatic rings. The Kier molecular flexibility index (Phi) is 8.07. The zero-order valence-corrected chi connectivity index (χ0v) is 24.9. The Bertz CT molecular complexity index is 1680. The van der Waals surface area contributed by atoms with Crippen LogP contribution in [-0.4, -0.2) is 46.3 Å². The van der Waals surface area contributed by atoms with Crippen LogP contribution in [0.5, 0.6) is 23.0 Å². The average Bonchev–Trinajstić information content (AvgIpc) is 3.50. The van der Waals surface area contributed by atoms with Gasteiger partial charge in [-0.05, 0) is 81.3 Å². The van der Waals surface area contributed by atoms with Crippen molar-refractivity contribution < 1.29 is 38.0 Å². The Morgan fingerprint density at radius 1 is 0.905 bits per heavy atom. The van der Waals surface area contributed by atoms with Crippen LogP contribution in [0.3, 0.4) is 0 Å². The second-order valence-corrected chi connectivity index (χ2v) is 10.9. The summed E-state index contributed by atoms with van der Waals surface area (Å²) in [4.78, 5) is 13.5. The molecule has 5 rings (SSSR count). The predicted molar refractivity (Wildman–Crippen MR) is 156 cm³/mol. The topological polar surface area (TPSA) is 109 Å². The SMILES string of the molecule is COc1ccc(C2(O)OC(=O)C(c3ccc4nsnc4c3)=C2Cc2cc(OC)c(OC(C)C)c(OC(C)C)c2)cc1F. The molecule has 0 aliphatic carbocycles. The molecular formula is C31H31FN2O7S. The predicted octanol–water partition coefficient (Wildman–Crippen LogP) is 5.82. The van der Waals surface area contributed by atoms with E-state index in [1.807, 2.05) is 27.7 Å². The van der Waals surface area contributed by atoms with Gasteiger partial charge in [0.05, 0.1) is 43.7 Å². The molecule has 2 heterocycles. The van der Waals surface area contributed by atoms with Crippen molar-refractivity contribution in [1.29, 1.82) is 0 Å². The first kappa shape index (κ1) is 29.3. The molecule has 220 valence electrons. The maximum Gasteiger partial charge on any atom is 0.342 e. The second kappa shape index (κ2) is 11.6. The lowest BCUT2D eigenvalue weighted by Crippen LogP contribution is -2.30. The largest absolute Gasteiger partial charge is 0.494 e. The van der Waals surface area contributed by atoms with Gasteiger partial charge >= 0.3 is 5.97 Å². The maximum absolute atomic E-state index is 14.9. The van der Waals surface area contributed by atoms with Gasteiger partial charge in [0, 0.05) is 17.6 Å². The van der Waals surface area contributed by atoms with E-state index in [4.69, 9.17) is 23.7 Å². The van der Waals surface area contributed by atoms with Crippen LogP contribution in [-0.2, 0) is 21.7 Å². The van der Waals surface area contributed by atoms with Crippen molar-refractivity contribution in [2.75, 3.05) is 14.2 Å². The van der Waals surface area contributed by atoms with Crippen LogP contribution >= 0.6 is 11.7 Å². The van der Waals surface area contributed by atoms with Crippen LogP contribution in [0.1, 0.15) is 44.4 Å². The minimum absolute atomic E-state index is 0.0140. The highest BCUT2D eigenvalue weighted by molar-refractivity contribution is 7.00. The zero-order chi connectivity index (χ0) is 30.2. The highest BCUT2D eigenvalue weighted by Crippen LogP contribution is 2.47. The van der Waals surface area contributed by atoms with E-state index in [2.05, 4.69) is 8.75 Å². The number of cyclic esters (lactones) is 1. The Balaban J connectivity index is 1.71. The minimum Gasteiger partial charge on any atom is -0.494 e. The first-order valence-corrected chi connectivity index (χ1v) is 14.1. The fourth-order valence-electron chi connectivity index (χ4n) is 4.87. The highest BCUT2D eigenvalue weighted by atomic mass is 32.1. The van der Waals surface area contributed by atoms with Gasteiger partial charge in [0.25, 0.3) is 5.79 Å². The van der Waals surface area contributed by atoms with E-state index in [-0.39, 0.29) is 41.1 Å². The summed E-state index contributed by atoms with van der Waals surface area (Å²) in [5, 5.41) is 12.0. The molecule has 1 unspecified atom stereocenters. The van der Waals surface area contributed by atoms with Gasteiger partial charge in [-0.15, -0.1) is 0 Å². The molecule has 0 saturated heterocycles. The van der Waals surface area contributed by atoms with E-state index in [9.17, 15) is 14.3 Å². The van der Waals surface area contributed by atoms with Crippen LogP contribution < -0.4 is 18.9 Å². The van der Waals surface area contributed by atoms with E-state index in [1.165, 1.54) is 26.4 Å². The summed E-state index contributed by atoms with van der Waals surface area (Å²) >= 11 is 1.05. The molecule has 3 aromatic carbocycles. The van der Waals surface area contributed by atoms with E-state index >= 15 is 0 Å². The molecule has 0 saturated carbocycles. The number of benzene rings is 3. The van der Waals surface area contributed by atoms with Crippen molar-refractivity contribution in [2.24, 2.45) is 0 Å². The number of carbonyl (C=O) groups is 1. The van der Waals surface area contributed by atoms with Crippen molar-refractivity contribution >= 4 is 34.3 Å². The fourth-order valence-corrected chi connectivity index (χ4v) is 5.39. The summed E-state index contributed by atoms with van der Waals surface area (Å²) in [7, 11) is 2.86. The molecule has 11 heteroatoms. The van der Waals surface area contributed by atoms with Crippen LogP contribution in [0.15, 0.2) is 54.1 Å². The van der Waals surface area contributed by atoms with Gasteiger partial charge in [0.1, 0.15) is 11.0 Å². The Labute approximate surface area is 246 Å². The fraction of sp³-hybridized carbons (Fsp3) is 0.323. The van der Waals surface area contributed by atoms with Crippen LogP contribution in [0.4, 0.5) is 4.39 Å². The molecule has 1 atom stereocenters. The summed E-state index contributed by atoms with van der Waals surface area (Å²) in [5.74, 6) is -2.49. The third kappa shape index (κ3) is 5.49. The van der Waals surface area contributed by atoms with E-state index in [0.717, 1.165) is 17.8 Å². The molecule has 0 amide bonds. The summed E-state index contributed by atoms with van der Waals surface area (Å²) in [6.07, 6.45) is -0.311. The smallest absolute Gasteiger partial charge is 0.342 e. The number of esters is 1. The average molecular weight is 595 g/mol. The Hall–Kier alpha value is -4.22. The van der Waals surface area contributed by atoms with E-state index in [0.29, 0.717) is 39.4 Å². The van der Waals surface area contributed by atoms with Crippen molar-refractivity contribution in [2.45, 2.75) is 52.1 Å². The summed E-state index contributed by atoms with van der Waals surface area (Å²) in [6, 6.07) is 12.6. The summed E-state index contributed by atoms with van der Waals surface area (Å²) in [6.45, 7) is 7.58.